The van der Waals surface area contributed by atoms with Crippen LogP contribution in [-0.2, 0) is 25.7 Å². The van der Waals surface area contributed by atoms with E-state index in [2.05, 4.69) is 26.3 Å². The number of aliphatic hydroxyl groups is 1. The molecule has 0 saturated carbocycles. The van der Waals surface area contributed by atoms with Crippen molar-refractivity contribution in [3.8, 4) is 10.4 Å². The molecule has 3 aromatic carbocycles. The van der Waals surface area contributed by atoms with Gasteiger partial charge in [-0.2, -0.15) is 0 Å². The van der Waals surface area contributed by atoms with E-state index in [1.54, 1.807) is 80.6 Å². The minimum atomic E-state index is -1.13. The summed E-state index contributed by atoms with van der Waals surface area (Å²) in [5.74, 6) is -1.47. The van der Waals surface area contributed by atoms with Crippen LogP contribution in [0.3, 0.4) is 0 Å². The number of unbranched alkanes of at least 4 members (excludes halogenated alkanes) is 7. The monoisotopic (exact) mass is 951 g/mol. The van der Waals surface area contributed by atoms with Gasteiger partial charge in [0.2, 0.25) is 23.6 Å². The van der Waals surface area contributed by atoms with E-state index < -0.39 is 41.1 Å². The highest BCUT2D eigenvalue weighted by Gasteiger charge is 2.44. The molecular weight excluding hydrogens is 883 g/mol. The highest BCUT2D eigenvalue weighted by atomic mass is 32.1. The van der Waals surface area contributed by atoms with Gasteiger partial charge in [0.25, 0.3) is 5.91 Å². The Balaban J connectivity index is 0.953. The Labute approximate surface area is 404 Å². The smallest absolute Gasteiger partial charge is 0.412 e. The van der Waals surface area contributed by atoms with E-state index in [4.69, 9.17) is 0 Å². The van der Waals surface area contributed by atoms with Crippen LogP contribution in [0.2, 0.25) is 0 Å². The third-order valence-corrected chi connectivity index (χ3v) is 12.9. The Kier molecular flexibility index (Phi) is 18.8. The number of hydrogen-bond acceptors (Lipinski definition) is 9. The van der Waals surface area contributed by atoms with Gasteiger partial charge in [-0.25, -0.2) is 9.78 Å². The number of carboxylic acid groups (broad SMARTS) is 1. The number of β-amino-alcohol motifs (C(OH)–C–C–N with tert-alkyl or cyclic N) is 1. The van der Waals surface area contributed by atoms with Crippen molar-refractivity contribution in [2.75, 3.05) is 22.1 Å². The number of hydrogen-bond donors (Lipinski definition) is 6. The normalized spacial score (nSPS) is 15.3. The van der Waals surface area contributed by atoms with E-state index >= 15 is 0 Å². The molecule has 1 aliphatic heterocycles. The van der Waals surface area contributed by atoms with Crippen molar-refractivity contribution >= 4 is 64.0 Å². The maximum Gasteiger partial charge on any atom is 0.412 e. The third-order valence-electron chi connectivity index (χ3n) is 12.0. The predicted molar refractivity (Wildman–Crippen MR) is 268 cm³/mol. The van der Waals surface area contributed by atoms with Gasteiger partial charge >= 0.3 is 6.09 Å². The number of nitrogens with one attached hydrogen (secondary N) is 4. The molecule has 15 nitrogen and oxygen atoms in total. The van der Waals surface area contributed by atoms with Crippen LogP contribution < -0.4 is 26.2 Å². The molecule has 1 aromatic heterocycles. The summed E-state index contributed by atoms with van der Waals surface area (Å²) in [7, 11) is 0. The number of aromatic nitrogens is 1. The van der Waals surface area contributed by atoms with Crippen molar-refractivity contribution in [2.45, 2.75) is 149 Å². The van der Waals surface area contributed by atoms with Crippen molar-refractivity contribution in [2.24, 2.45) is 5.41 Å². The van der Waals surface area contributed by atoms with E-state index in [0.717, 1.165) is 66.6 Å². The van der Waals surface area contributed by atoms with Crippen LogP contribution in [0.1, 0.15) is 134 Å². The van der Waals surface area contributed by atoms with Crippen LogP contribution in [0, 0.1) is 12.3 Å². The Hall–Kier alpha value is -6.13. The molecule has 2 heterocycles. The Morgan fingerprint density at radius 1 is 0.794 bits per heavy atom. The number of carbonyl (C=O) groups excluding carboxylic acids is 5. The standard InChI is InChI=1S/C52H69N7O8S/c1-34-45(68-33-54-34)36-24-22-35(23-25-36)31-53-48(64)42-30-39(60)32-58(42)49(65)46(51(2,3)4)57-44(62)21-15-13-11-9-8-10-12-14-20-43(61)55-38-28-26-37(27-29-38)47(63)56-40-18-16-17-19-41(40)59(50(66)67)52(5,6)7/h16-19,22-29,33,39,42,46,60H,8-15,20-21,30-32H2,1-7H3,(H,53,64)(H,55,61)(H,56,63)(H,57,62)(H,66,67)/t39-,42+,46?/m1/s1. The van der Waals surface area contributed by atoms with Crippen molar-refractivity contribution in [3.63, 3.8) is 0 Å². The quantitative estimate of drug-likeness (QED) is 0.0439. The summed E-state index contributed by atoms with van der Waals surface area (Å²) in [6.45, 7) is 13.2. The number of aliphatic hydroxyl groups excluding tert-OH is 1. The third kappa shape index (κ3) is 15.2. The Morgan fingerprint density at radius 2 is 1.40 bits per heavy atom. The van der Waals surface area contributed by atoms with E-state index in [1.807, 2.05) is 57.5 Å². The molecule has 1 fully saturated rings. The zero-order valence-electron chi connectivity index (χ0n) is 40.5. The van der Waals surface area contributed by atoms with Crippen LogP contribution in [0.5, 0.6) is 0 Å². The predicted octanol–water partition coefficient (Wildman–Crippen LogP) is 9.30. The van der Waals surface area contributed by atoms with Crippen LogP contribution in [0.25, 0.3) is 10.4 Å². The highest BCUT2D eigenvalue weighted by Crippen LogP contribution is 2.32. The number of thiazole rings is 1. The van der Waals surface area contributed by atoms with Crippen LogP contribution in [0.15, 0.2) is 78.3 Å². The van der Waals surface area contributed by atoms with Gasteiger partial charge in [-0.1, -0.05) is 95.7 Å². The molecule has 366 valence electrons. The maximum absolute atomic E-state index is 14.0. The van der Waals surface area contributed by atoms with Gasteiger partial charge in [-0.05, 0) is 93.5 Å². The van der Waals surface area contributed by atoms with Crippen molar-refractivity contribution < 1.29 is 39.0 Å². The lowest BCUT2D eigenvalue weighted by molar-refractivity contribution is -0.144. The number of aryl methyl sites for hydroxylation is 1. The number of rotatable bonds is 21. The fraction of sp³-hybridized carbons (Fsp3) is 0.481. The number of amides is 6. The molecule has 3 atom stereocenters. The lowest BCUT2D eigenvalue weighted by Crippen LogP contribution is -2.57. The SMILES string of the molecule is Cc1ncsc1-c1ccc(CNC(=O)[C@@H]2C[C@@H](O)CN2C(=O)C(NC(=O)CCCCCCCCCCC(=O)Nc2ccc(C(=O)Nc3ccccc3N(C(=O)O)C(C)(C)C)cc2)C(C)(C)C)cc1. The average molecular weight is 952 g/mol. The topological polar surface area (TPSA) is 210 Å². The molecule has 0 radical (unpaired) electrons. The average Bonchev–Trinajstić information content (AvgIpc) is 3.90. The lowest BCUT2D eigenvalue weighted by atomic mass is 9.85. The Morgan fingerprint density at radius 3 is 1.97 bits per heavy atom. The van der Waals surface area contributed by atoms with E-state index in [0.29, 0.717) is 35.5 Å². The second-order valence-electron chi connectivity index (χ2n) is 19.7. The number of para-hydroxylation sites is 2. The van der Waals surface area contributed by atoms with Gasteiger partial charge < -0.3 is 36.4 Å². The molecule has 1 aliphatic rings. The van der Waals surface area contributed by atoms with Gasteiger partial charge in [-0.15, -0.1) is 11.3 Å². The van der Waals surface area contributed by atoms with E-state index in [1.165, 1.54) is 9.80 Å². The summed E-state index contributed by atoms with van der Waals surface area (Å²) >= 11 is 1.58. The van der Waals surface area contributed by atoms with Gasteiger partial charge in [0.15, 0.2) is 0 Å². The first kappa shape index (κ1) is 52.8. The van der Waals surface area contributed by atoms with Gasteiger partial charge in [0.05, 0.1) is 33.6 Å². The Bertz CT molecular complexity index is 2350. The number of anilines is 3. The van der Waals surface area contributed by atoms with E-state index in [9.17, 15) is 39.0 Å². The summed E-state index contributed by atoms with van der Waals surface area (Å²) in [6, 6.07) is 19.5. The van der Waals surface area contributed by atoms with E-state index in [-0.39, 0.29) is 49.6 Å². The number of nitrogens with zero attached hydrogens (tertiary/aromatic N) is 3. The molecule has 16 heteroatoms. The van der Waals surface area contributed by atoms with Gasteiger partial charge in [0, 0.05) is 49.1 Å². The first-order valence-electron chi connectivity index (χ1n) is 23.6. The first-order valence-corrected chi connectivity index (χ1v) is 24.5. The zero-order valence-corrected chi connectivity index (χ0v) is 41.3. The van der Waals surface area contributed by atoms with Crippen molar-refractivity contribution in [1.82, 2.24) is 20.5 Å². The molecule has 6 amide bonds. The lowest BCUT2D eigenvalue weighted by Gasteiger charge is -2.35. The molecule has 0 aliphatic carbocycles. The highest BCUT2D eigenvalue weighted by molar-refractivity contribution is 7.13. The molecule has 4 aromatic rings. The maximum atomic E-state index is 14.0. The molecule has 6 N–H and O–H groups in total. The summed E-state index contributed by atoms with van der Waals surface area (Å²) < 4.78 is 0. The summed E-state index contributed by atoms with van der Waals surface area (Å²) in [4.78, 5) is 86.4. The number of benzene rings is 3. The fourth-order valence-electron chi connectivity index (χ4n) is 8.29. The minimum absolute atomic E-state index is 0.0164. The van der Waals surface area contributed by atoms with Crippen molar-refractivity contribution in [3.05, 3.63) is 95.1 Å². The molecule has 0 spiro atoms. The summed E-state index contributed by atoms with van der Waals surface area (Å²) in [5.41, 5.74) is 5.02. The van der Waals surface area contributed by atoms with Crippen molar-refractivity contribution in [1.29, 1.82) is 0 Å². The number of carbonyl (C=O) groups is 6. The summed E-state index contributed by atoms with van der Waals surface area (Å²) in [6.07, 6.45) is 5.97. The van der Waals surface area contributed by atoms with Crippen LogP contribution in [-0.4, -0.2) is 86.0 Å². The fourth-order valence-corrected chi connectivity index (χ4v) is 9.11. The first-order chi connectivity index (χ1) is 32.2. The largest absolute Gasteiger partial charge is 0.465 e. The molecular formula is C52H69N7O8S. The molecule has 0 bridgehead atoms. The second kappa shape index (κ2) is 24.2. The zero-order chi connectivity index (χ0) is 49.6. The molecule has 1 unspecified atom stereocenters. The molecule has 5 rings (SSSR count). The molecule has 68 heavy (non-hydrogen) atoms. The number of likely N-dealkylation sites (tertiary alicyclic amines) is 1. The van der Waals surface area contributed by atoms with Crippen LogP contribution in [0.4, 0.5) is 21.9 Å². The summed E-state index contributed by atoms with van der Waals surface area (Å²) in [5, 5.41) is 32.0. The van der Waals surface area contributed by atoms with Crippen LogP contribution >= 0.6 is 11.3 Å². The molecule has 1 saturated heterocycles. The van der Waals surface area contributed by atoms with Gasteiger partial charge in [0.1, 0.15) is 12.1 Å². The minimum Gasteiger partial charge on any atom is -0.465 e. The second-order valence-corrected chi connectivity index (χ2v) is 20.5. The van der Waals surface area contributed by atoms with Gasteiger partial charge in [-0.3, -0.25) is 28.9 Å².